The van der Waals surface area contributed by atoms with Crippen LogP contribution >= 0.6 is 0 Å². The fourth-order valence-electron chi connectivity index (χ4n) is 5.86. The van der Waals surface area contributed by atoms with Crippen LogP contribution in [0.3, 0.4) is 0 Å². The zero-order valence-corrected chi connectivity index (χ0v) is 29.2. The monoisotopic (exact) mass is 712 g/mol. The second kappa shape index (κ2) is 17.1. The molecule has 0 fully saturated rings. The highest BCUT2D eigenvalue weighted by atomic mass is 16.5. The molecule has 0 spiro atoms. The predicted octanol–water partition coefficient (Wildman–Crippen LogP) is 6.50. The van der Waals surface area contributed by atoms with E-state index in [0.717, 1.165) is 11.1 Å². The molecule has 0 bridgehead atoms. The Morgan fingerprint density at radius 2 is 1.21 bits per heavy atom. The summed E-state index contributed by atoms with van der Waals surface area (Å²) in [7, 11) is 5.86. The van der Waals surface area contributed by atoms with Crippen LogP contribution < -0.4 is 23.7 Å². The average Bonchev–Trinajstić information content (AvgIpc) is 3.55. The summed E-state index contributed by atoms with van der Waals surface area (Å²) in [5.41, 5.74) is 3.63. The minimum atomic E-state index is -0.640. The minimum absolute atomic E-state index is 0.00372. The molecule has 52 heavy (non-hydrogen) atoms. The van der Waals surface area contributed by atoms with Crippen LogP contribution in [0.1, 0.15) is 46.3 Å². The molecule has 1 heterocycles. The van der Waals surface area contributed by atoms with E-state index in [-0.39, 0.29) is 47.7 Å². The van der Waals surface area contributed by atoms with Crippen LogP contribution in [0.4, 0.5) is 0 Å². The zero-order chi connectivity index (χ0) is 37.2. The van der Waals surface area contributed by atoms with E-state index in [2.05, 4.69) is 0 Å². The molecule has 0 saturated heterocycles. The van der Waals surface area contributed by atoms with Gasteiger partial charge in [-0.3, -0.25) is 0 Å². The maximum absolute atomic E-state index is 13.0. The number of hydrogen-bond acceptors (Lipinski definition) is 12. The Balaban J connectivity index is 1.33. The highest BCUT2D eigenvalue weighted by Crippen LogP contribution is 2.53. The third-order valence-electron chi connectivity index (χ3n) is 8.45. The molecule has 0 aliphatic carbocycles. The van der Waals surface area contributed by atoms with Gasteiger partial charge in [-0.1, -0.05) is 24.3 Å². The summed E-state index contributed by atoms with van der Waals surface area (Å²) in [6.45, 7) is 0.0692. The van der Waals surface area contributed by atoms with Crippen molar-refractivity contribution in [2.75, 3.05) is 41.7 Å². The Bertz CT molecular complexity index is 1960. The molecule has 4 aromatic carbocycles. The number of phenolic OH excluding ortho intramolecular Hbond substituents is 3. The first kappa shape index (κ1) is 37.0. The Kier molecular flexibility index (Phi) is 12.1. The smallest absolute Gasteiger partial charge is 0.330 e. The van der Waals surface area contributed by atoms with Gasteiger partial charge in [0.1, 0.15) is 12.7 Å². The highest BCUT2D eigenvalue weighted by Gasteiger charge is 2.40. The number of carbonyl (C=O) groups excluding carboxylic acids is 2. The first-order valence-corrected chi connectivity index (χ1v) is 16.3. The Morgan fingerprint density at radius 3 is 1.79 bits per heavy atom. The van der Waals surface area contributed by atoms with Gasteiger partial charge in [0.15, 0.2) is 46.0 Å². The van der Waals surface area contributed by atoms with E-state index in [4.69, 9.17) is 33.2 Å². The van der Waals surface area contributed by atoms with E-state index >= 15 is 0 Å². The first-order chi connectivity index (χ1) is 25.1. The Labute approximate surface area is 301 Å². The number of aryl methyl sites for hydroxylation is 1. The van der Waals surface area contributed by atoms with Gasteiger partial charge in [0.2, 0.25) is 0 Å². The molecule has 1 aliphatic rings. The molecule has 0 saturated carbocycles. The van der Waals surface area contributed by atoms with Gasteiger partial charge in [-0.2, -0.15) is 0 Å². The lowest BCUT2D eigenvalue weighted by molar-refractivity contribution is -0.139. The number of ether oxygens (including phenoxy) is 7. The molecule has 4 aromatic rings. The summed E-state index contributed by atoms with van der Waals surface area (Å²) in [4.78, 5) is 25.5. The number of esters is 2. The van der Waals surface area contributed by atoms with Gasteiger partial charge in [0.25, 0.3) is 0 Å². The fraction of sp³-hybridized carbons (Fsp3) is 0.250. The number of hydrogen-bond donors (Lipinski definition) is 3. The van der Waals surface area contributed by atoms with Crippen LogP contribution in [0.25, 0.3) is 12.2 Å². The lowest BCUT2D eigenvalue weighted by atomic mass is 9.87. The van der Waals surface area contributed by atoms with Gasteiger partial charge < -0.3 is 48.5 Å². The van der Waals surface area contributed by atoms with Crippen LogP contribution in [0.5, 0.6) is 46.0 Å². The predicted molar refractivity (Wildman–Crippen MR) is 191 cm³/mol. The molecule has 2 unspecified atom stereocenters. The van der Waals surface area contributed by atoms with Crippen molar-refractivity contribution in [1.29, 1.82) is 0 Å². The second-order valence-electron chi connectivity index (χ2n) is 11.7. The fourth-order valence-corrected chi connectivity index (χ4v) is 5.86. The van der Waals surface area contributed by atoms with Gasteiger partial charge in [-0.15, -0.1) is 0 Å². The van der Waals surface area contributed by atoms with Gasteiger partial charge in [0.05, 0.1) is 41.0 Å². The molecule has 1 aliphatic heterocycles. The molecular weight excluding hydrogens is 672 g/mol. The summed E-state index contributed by atoms with van der Waals surface area (Å²) >= 11 is 0. The van der Waals surface area contributed by atoms with E-state index in [1.165, 1.54) is 58.8 Å². The molecule has 0 amide bonds. The zero-order valence-electron chi connectivity index (χ0n) is 29.2. The van der Waals surface area contributed by atoms with E-state index in [0.29, 0.717) is 41.0 Å². The van der Waals surface area contributed by atoms with Gasteiger partial charge in [-0.25, -0.2) is 9.59 Å². The minimum Gasteiger partial charge on any atom is -0.504 e. The van der Waals surface area contributed by atoms with Crippen molar-refractivity contribution < 1.29 is 58.1 Å². The summed E-state index contributed by atoms with van der Waals surface area (Å²) < 4.78 is 39.0. The maximum Gasteiger partial charge on any atom is 0.330 e. The number of fused-ring (bicyclic) bond motifs is 1. The number of rotatable bonds is 15. The molecule has 0 aromatic heterocycles. The molecule has 12 heteroatoms. The normalized spacial score (nSPS) is 14.8. The molecule has 12 nitrogen and oxygen atoms in total. The third kappa shape index (κ3) is 8.70. The van der Waals surface area contributed by atoms with Crippen molar-refractivity contribution in [2.45, 2.75) is 24.9 Å². The molecule has 2 atom stereocenters. The number of phenols is 3. The lowest BCUT2D eigenvalue weighted by Gasteiger charge is -2.21. The van der Waals surface area contributed by atoms with Crippen molar-refractivity contribution in [3.05, 3.63) is 107 Å². The maximum atomic E-state index is 13.0. The van der Waals surface area contributed by atoms with Crippen LogP contribution in [0, 0.1) is 0 Å². The number of carbonyl (C=O) groups is 2. The molecule has 0 radical (unpaired) electrons. The molecule has 5 rings (SSSR count). The van der Waals surface area contributed by atoms with E-state index in [1.807, 2.05) is 6.07 Å². The summed E-state index contributed by atoms with van der Waals surface area (Å²) in [6, 6.07) is 18.0. The Hall–Kier alpha value is -6.30. The van der Waals surface area contributed by atoms with Crippen molar-refractivity contribution >= 4 is 24.1 Å². The van der Waals surface area contributed by atoms with Crippen molar-refractivity contribution in [2.24, 2.45) is 0 Å². The van der Waals surface area contributed by atoms with Gasteiger partial charge >= 0.3 is 11.9 Å². The largest absolute Gasteiger partial charge is 0.504 e. The topological polar surface area (TPSA) is 159 Å². The van der Waals surface area contributed by atoms with Crippen molar-refractivity contribution in [3.8, 4) is 46.0 Å². The highest BCUT2D eigenvalue weighted by molar-refractivity contribution is 5.87. The first-order valence-electron chi connectivity index (χ1n) is 16.3. The quantitative estimate of drug-likeness (QED) is 0.0699. The summed E-state index contributed by atoms with van der Waals surface area (Å²) in [6.07, 6.45) is 6.05. The van der Waals surface area contributed by atoms with Crippen molar-refractivity contribution in [1.82, 2.24) is 0 Å². The molecular formula is C40H40O12. The summed E-state index contributed by atoms with van der Waals surface area (Å²) in [5.74, 6) is 0.123. The Morgan fingerprint density at radius 1 is 0.673 bits per heavy atom. The molecule has 3 N–H and O–H groups in total. The van der Waals surface area contributed by atoms with Crippen LogP contribution in [-0.2, 0) is 25.5 Å². The van der Waals surface area contributed by atoms with Crippen LogP contribution in [0.15, 0.2) is 78.9 Å². The standard InChI is InChI=1S/C40H40O12/c1-46-32-16-12-26(6-5-19-50-36(44)17-9-24-7-13-29(41)33(20-24)47-2)38-28(39(52-40(32)38)27-11-15-31(43)35(22-27)49-4)23-51-37(45)18-10-25-8-14-30(42)34(21-25)48-3/h7-18,20-22,28,39,41-43H,5-6,19,23H2,1-4H3. The number of aromatic hydroxyl groups is 3. The van der Waals surface area contributed by atoms with E-state index in [9.17, 15) is 24.9 Å². The van der Waals surface area contributed by atoms with E-state index in [1.54, 1.807) is 54.6 Å². The SMILES string of the molecule is COc1cc(C=CC(=O)OCCCc2ccc(OC)c3c2C(COC(=O)C=Cc2ccc(O)c(OC)c2)C(c2ccc(O)c(OC)c2)O3)ccc1O. The third-order valence-corrected chi connectivity index (χ3v) is 8.45. The van der Waals surface area contributed by atoms with Gasteiger partial charge in [0, 0.05) is 17.7 Å². The van der Waals surface area contributed by atoms with Crippen molar-refractivity contribution in [3.63, 3.8) is 0 Å². The number of benzene rings is 4. The molecule has 272 valence electrons. The number of methoxy groups -OCH3 is 4. The van der Waals surface area contributed by atoms with E-state index < -0.39 is 24.0 Å². The summed E-state index contributed by atoms with van der Waals surface area (Å²) in [5, 5.41) is 29.9. The van der Waals surface area contributed by atoms with Crippen LogP contribution in [0.2, 0.25) is 0 Å². The second-order valence-corrected chi connectivity index (χ2v) is 11.7. The van der Waals surface area contributed by atoms with Crippen LogP contribution in [-0.4, -0.2) is 68.9 Å². The van der Waals surface area contributed by atoms with Gasteiger partial charge in [-0.05, 0) is 89.7 Å². The lowest BCUT2D eigenvalue weighted by Crippen LogP contribution is -2.18. The average molecular weight is 713 g/mol.